The molecule has 90 valence electrons. The van der Waals surface area contributed by atoms with Crippen LogP contribution in [0.5, 0.6) is 0 Å². The van der Waals surface area contributed by atoms with Crippen LogP contribution in [0.15, 0.2) is 23.3 Å². The van der Waals surface area contributed by atoms with Crippen molar-refractivity contribution in [3.8, 4) is 0 Å². The summed E-state index contributed by atoms with van der Waals surface area (Å²) in [5.41, 5.74) is 4.42. The van der Waals surface area contributed by atoms with Gasteiger partial charge in [-0.05, 0) is 44.4 Å². The van der Waals surface area contributed by atoms with Crippen molar-refractivity contribution in [2.75, 3.05) is 0 Å². The van der Waals surface area contributed by atoms with E-state index in [0.717, 1.165) is 12.8 Å². The molecule has 2 aliphatic rings. The molecule has 0 spiro atoms. The van der Waals surface area contributed by atoms with Crippen LogP contribution in [-0.2, 0) is 0 Å². The lowest BCUT2D eigenvalue weighted by molar-refractivity contribution is 0.142. The molecule has 1 N–H and O–H groups in total. The second-order valence-electron chi connectivity index (χ2n) is 5.84. The van der Waals surface area contributed by atoms with E-state index < -0.39 is 0 Å². The first-order valence-corrected chi connectivity index (χ1v) is 6.56. The number of aliphatic hydroxyl groups is 1. The zero-order chi connectivity index (χ0) is 11.9. The Labute approximate surface area is 99.3 Å². The van der Waals surface area contributed by atoms with Gasteiger partial charge in [0.2, 0.25) is 0 Å². The zero-order valence-electron chi connectivity index (χ0n) is 10.8. The van der Waals surface area contributed by atoms with Crippen LogP contribution in [0.4, 0.5) is 0 Å². The summed E-state index contributed by atoms with van der Waals surface area (Å²) in [7, 11) is 0. The van der Waals surface area contributed by atoms with Crippen LogP contribution < -0.4 is 0 Å². The summed E-state index contributed by atoms with van der Waals surface area (Å²) in [6.07, 6.45) is 4.46. The van der Waals surface area contributed by atoms with Gasteiger partial charge in [0.25, 0.3) is 0 Å². The third-order valence-electron chi connectivity index (χ3n) is 4.67. The van der Waals surface area contributed by atoms with E-state index in [9.17, 15) is 5.11 Å². The smallest absolute Gasteiger partial charge is 0.0640 e. The van der Waals surface area contributed by atoms with E-state index >= 15 is 0 Å². The molecule has 0 bridgehead atoms. The van der Waals surface area contributed by atoms with E-state index in [1.807, 2.05) is 0 Å². The fraction of sp³-hybridized carbons (Fsp3) is 0.733. The van der Waals surface area contributed by atoms with Crippen molar-refractivity contribution < 1.29 is 5.11 Å². The second-order valence-corrected chi connectivity index (χ2v) is 5.84. The minimum Gasteiger partial charge on any atom is -0.392 e. The van der Waals surface area contributed by atoms with Gasteiger partial charge in [-0.3, -0.25) is 0 Å². The average molecular weight is 220 g/mol. The van der Waals surface area contributed by atoms with Gasteiger partial charge >= 0.3 is 0 Å². The molecule has 0 amide bonds. The van der Waals surface area contributed by atoms with Gasteiger partial charge in [0.05, 0.1) is 6.10 Å². The lowest BCUT2D eigenvalue weighted by Crippen LogP contribution is -2.15. The Hall–Kier alpha value is -0.560. The van der Waals surface area contributed by atoms with Crippen molar-refractivity contribution in [3.63, 3.8) is 0 Å². The number of rotatable bonds is 1. The lowest BCUT2D eigenvalue weighted by Gasteiger charge is -2.20. The van der Waals surface area contributed by atoms with E-state index in [4.69, 9.17) is 0 Å². The molecule has 0 aromatic heterocycles. The second kappa shape index (κ2) is 4.37. The van der Waals surface area contributed by atoms with E-state index in [-0.39, 0.29) is 6.10 Å². The molecule has 0 saturated carbocycles. The molecule has 2 aliphatic carbocycles. The molecule has 16 heavy (non-hydrogen) atoms. The van der Waals surface area contributed by atoms with Gasteiger partial charge in [-0.25, -0.2) is 0 Å². The molecule has 0 radical (unpaired) electrons. The number of allylic oxidation sites excluding steroid dienone is 1. The Kier molecular flexibility index (Phi) is 3.25. The normalized spacial score (nSPS) is 39.5. The van der Waals surface area contributed by atoms with Crippen molar-refractivity contribution in [2.45, 2.75) is 52.6 Å². The van der Waals surface area contributed by atoms with Gasteiger partial charge in [-0.2, -0.15) is 0 Å². The first-order chi connectivity index (χ1) is 7.50. The predicted molar refractivity (Wildman–Crippen MR) is 68.1 cm³/mol. The predicted octanol–water partition coefficient (Wildman–Crippen LogP) is 3.70. The Morgan fingerprint density at radius 1 is 1.19 bits per heavy atom. The minimum absolute atomic E-state index is 0.128. The molecule has 1 nitrogen and oxygen atoms in total. The van der Waals surface area contributed by atoms with Crippen LogP contribution >= 0.6 is 0 Å². The zero-order valence-corrected chi connectivity index (χ0v) is 10.8. The van der Waals surface area contributed by atoms with Crippen LogP contribution in [0, 0.1) is 17.8 Å². The molecule has 0 heterocycles. The van der Waals surface area contributed by atoms with Crippen molar-refractivity contribution >= 4 is 0 Å². The number of hydrogen-bond donors (Lipinski definition) is 1. The molecule has 0 aromatic carbocycles. The topological polar surface area (TPSA) is 20.2 Å². The quantitative estimate of drug-likeness (QED) is 0.668. The Morgan fingerprint density at radius 2 is 1.88 bits per heavy atom. The van der Waals surface area contributed by atoms with E-state index in [1.165, 1.54) is 18.4 Å². The summed E-state index contributed by atoms with van der Waals surface area (Å²) in [5, 5.41) is 10.00. The first-order valence-electron chi connectivity index (χ1n) is 6.56. The summed E-state index contributed by atoms with van der Waals surface area (Å²) in [4.78, 5) is 0. The van der Waals surface area contributed by atoms with Gasteiger partial charge in [-0.1, -0.05) is 37.1 Å². The average Bonchev–Trinajstić information content (AvgIpc) is 2.42. The fourth-order valence-corrected chi connectivity index (χ4v) is 3.31. The maximum Gasteiger partial charge on any atom is 0.0640 e. The van der Waals surface area contributed by atoms with Crippen LogP contribution in [-0.4, -0.2) is 11.2 Å². The fourth-order valence-electron chi connectivity index (χ4n) is 3.31. The van der Waals surface area contributed by atoms with Crippen molar-refractivity contribution in [2.24, 2.45) is 17.8 Å². The van der Waals surface area contributed by atoms with Crippen LogP contribution in [0.3, 0.4) is 0 Å². The van der Waals surface area contributed by atoms with Crippen molar-refractivity contribution in [1.29, 1.82) is 0 Å². The summed E-state index contributed by atoms with van der Waals surface area (Å²) < 4.78 is 0. The molecule has 0 aromatic rings. The summed E-state index contributed by atoms with van der Waals surface area (Å²) >= 11 is 0. The molecular weight excluding hydrogens is 196 g/mol. The molecule has 0 fully saturated rings. The standard InChI is InChI=1S/C15H24O/c1-9(2)12-6-5-10(3)13-8-15(16)11(4)14(13)7-12/h10-12,15-16H,1,5-8H2,2-4H3/t10-,11+,12+,15+/m0/s1. The molecule has 2 rings (SSSR count). The minimum atomic E-state index is -0.128. The van der Waals surface area contributed by atoms with Crippen molar-refractivity contribution in [1.82, 2.24) is 0 Å². The van der Waals surface area contributed by atoms with Gasteiger partial charge in [0.1, 0.15) is 0 Å². The van der Waals surface area contributed by atoms with E-state index in [1.54, 1.807) is 11.1 Å². The van der Waals surface area contributed by atoms with Crippen LogP contribution in [0.25, 0.3) is 0 Å². The highest BCUT2D eigenvalue weighted by Crippen LogP contribution is 2.45. The largest absolute Gasteiger partial charge is 0.392 e. The summed E-state index contributed by atoms with van der Waals surface area (Å²) in [6.45, 7) is 10.8. The molecule has 4 atom stereocenters. The third kappa shape index (κ3) is 1.98. The monoisotopic (exact) mass is 220 g/mol. The molecule has 1 heteroatoms. The van der Waals surface area contributed by atoms with Crippen LogP contribution in [0.1, 0.15) is 46.5 Å². The lowest BCUT2D eigenvalue weighted by atomic mass is 9.87. The maximum absolute atomic E-state index is 10.00. The SMILES string of the molecule is C=C(C)[C@@H]1CC[C@H](C)C2=C(C1)[C@@H](C)[C@H](O)C2. The summed E-state index contributed by atoms with van der Waals surface area (Å²) in [6, 6.07) is 0. The molecular formula is C15H24O. The Morgan fingerprint density at radius 3 is 2.50 bits per heavy atom. The molecule has 0 saturated heterocycles. The highest BCUT2D eigenvalue weighted by atomic mass is 16.3. The highest BCUT2D eigenvalue weighted by Gasteiger charge is 2.35. The molecule has 0 unspecified atom stereocenters. The van der Waals surface area contributed by atoms with Gasteiger partial charge in [-0.15, -0.1) is 0 Å². The Balaban J connectivity index is 2.26. The van der Waals surface area contributed by atoms with Crippen molar-refractivity contribution in [3.05, 3.63) is 23.3 Å². The van der Waals surface area contributed by atoms with E-state index in [0.29, 0.717) is 17.8 Å². The Bertz CT molecular complexity index is 326. The van der Waals surface area contributed by atoms with Gasteiger partial charge in [0.15, 0.2) is 0 Å². The number of aliphatic hydroxyl groups excluding tert-OH is 1. The van der Waals surface area contributed by atoms with Crippen LogP contribution in [0.2, 0.25) is 0 Å². The first kappa shape index (κ1) is 11.9. The van der Waals surface area contributed by atoms with E-state index in [2.05, 4.69) is 27.4 Å². The van der Waals surface area contributed by atoms with Gasteiger partial charge in [0, 0.05) is 5.92 Å². The highest BCUT2D eigenvalue weighted by molar-refractivity contribution is 5.29. The number of hydrogen-bond acceptors (Lipinski definition) is 1. The summed E-state index contributed by atoms with van der Waals surface area (Å²) in [5.74, 6) is 1.68. The molecule has 0 aliphatic heterocycles. The third-order valence-corrected chi connectivity index (χ3v) is 4.67. The van der Waals surface area contributed by atoms with Gasteiger partial charge < -0.3 is 5.11 Å². The maximum atomic E-state index is 10.00.